The molecule has 120 valence electrons. The molecule has 0 saturated carbocycles. The van der Waals surface area contributed by atoms with Crippen LogP contribution in [0.4, 0.5) is 11.4 Å². The van der Waals surface area contributed by atoms with E-state index in [9.17, 15) is 9.59 Å². The lowest BCUT2D eigenvalue weighted by atomic mass is 10.1. The second kappa shape index (κ2) is 5.42. The average Bonchev–Trinajstić information content (AvgIpc) is 3.06. The highest BCUT2D eigenvalue weighted by Gasteiger charge is 2.22. The zero-order valence-electron chi connectivity index (χ0n) is 13.0. The largest absolute Gasteiger partial charge is 0.482 e. The highest BCUT2D eigenvalue weighted by Crippen LogP contribution is 2.33. The van der Waals surface area contributed by atoms with Gasteiger partial charge in [0.2, 0.25) is 0 Å². The molecule has 6 heteroatoms. The number of aromatic amines is 1. The van der Waals surface area contributed by atoms with Crippen molar-refractivity contribution in [1.29, 1.82) is 0 Å². The van der Waals surface area contributed by atoms with E-state index in [0.717, 1.165) is 10.9 Å². The predicted molar refractivity (Wildman–Crippen MR) is 91.6 cm³/mol. The summed E-state index contributed by atoms with van der Waals surface area (Å²) < 4.78 is 5.38. The number of anilines is 2. The van der Waals surface area contributed by atoms with Gasteiger partial charge in [0, 0.05) is 35.4 Å². The van der Waals surface area contributed by atoms with E-state index >= 15 is 0 Å². The maximum Gasteiger partial charge on any atom is 0.264 e. The lowest BCUT2D eigenvalue weighted by Gasteiger charge is -2.26. The second-order valence-corrected chi connectivity index (χ2v) is 5.66. The summed E-state index contributed by atoms with van der Waals surface area (Å²) in [7, 11) is 1.69. The number of H-pyrrole nitrogens is 1. The van der Waals surface area contributed by atoms with Crippen LogP contribution in [0.15, 0.2) is 48.7 Å². The zero-order valence-corrected chi connectivity index (χ0v) is 13.0. The molecule has 3 aromatic rings. The molecular formula is C18H15N3O3. The molecule has 0 saturated heterocycles. The van der Waals surface area contributed by atoms with Crippen LogP contribution in [0.5, 0.6) is 5.75 Å². The number of nitrogens with one attached hydrogen (secondary N) is 2. The first kappa shape index (κ1) is 14.3. The number of amides is 2. The summed E-state index contributed by atoms with van der Waals surface area (Å²) in [5, 5.41) is 3.84. The summed E-state index contributed by atoms with van der Waals surface area (Å²) in [5.74, 6) is 0.302. The molecule has 0 aliphatic carbocycles. The van der Waals surface area contributed by atoms with Crippen LogP contribution in [-0.4, -0.2) is 30.5 Å². The fourth-order valence-electron chi connectivity index (χ4n) is 2.75. The second-order valence-electron chi connectivity index (χ2n) is 5.66. The Morgan fingerprint density at radius 1 is 1.21 bits per heavy atom. The van der Waals surface area contributed by atoms with E-state index in [4.69, 9.17) is 4.74 Å². The number of ether oxygens (including phenoxy) is 1. The van der Waals surface area contributed by atoms with Gasteiger partial charge in [-0.1, -0.05) is 0 Å². The zero-order chi connectivity index (χ0) is 16.7. The van der Waals surface area contributed by atoms with Crippen LogP contribution in [0, 0.1) is 0 Å². The molecule has 2 amide bonds. The third kappa shape index (κ3) is 2.38. The number of rotatable bonds is 2. The van der Waals surface area contributed by atoms with Gasteiger partial charge in [-0.2, -0.15) is 0 Å². The summed E-state index contributed by atoms with van der Waals surface area (Å²) in [6.07, 6.45) is 1.84. The van der Waals surface area contributed by atoms with Crippen molar-refractivity contribution in [2.45, 2.75) is 0 Å². The van der Waals surface area contributed by atoms with Gasteiger partial charge in [0.05, 0.1) is 5.69 Å². The Hall–Kier alpha value is -3.28. The number of likely N-dealkylation sites (N-methyl/N-ethyl adjacent to an activating group) is 1. The van der Waals surface area contributed by atoms with Gasteiger partial charge in [-0.05, 0) is 42.5 Å². The molecule has 0 atom stereocenters. The van der Waals surface area contributed by atoms with Crippen molar-refractivity contribution in [3.8, 4) is 5.75 Å². The van der Waals surface area contributed by atoms with Crippen molar-refractivity contribution in [2.24, 2.45) is 0 Å². The Morgan fingerprint density at radius 3 is 2.96 bits per heavy atom. The SMILES string of the molecule is CN1C(=O)COc2ccc(NC(=O)c3ccc4[nH]ccc4c3)cc21. The number of aromatic nitrogens is 1. The molecule has 4 rings (SSSR count). The smallest absolute Gasteiger partial charge is 0.264 e. The van der Waals surface area contributed by atoms with Crippen molar-refractivity contribution in [2.75, 3.05) is 23.9 Å². The van der Waals surface area contributed by atoms with Crippen molar-refractivity contribution in [3.05, 3.63) is 54.2 Å². The molecule has 2 heterocycles. The fraction of sp³-hybridized carbons (Fsp3) is 0.111. The molecule has 6 nitrogen and oxygen atoms in total. The summed E-state index contributed by atoms with van der Waals surface area (Å²) in [6.45, 7) is 0.0336. The number of hydrogen-bond acceptors (Lipinski definition) is 3. The van der Waals surface area contributed by atoms with Crippen LogP contribution in [0.2, 0.25) is 0 Å². The van der Waals surface area contributed by atoms with Gasteiger partial charge in [0.1, 0.15) is 5.75 Å². The molecule has 24 heavy (non-hydrogen) atoms. The van der Waals surface area contributed by atoms with Gasteiger partial charge < -0.3 is 19.9 Å². The molecule has 0 fully saturated rings. The molecule has 1 aliphatic rings. The van der Waals surface area contributed by atoms with E-state index in [1.54, 1.807) is 31.3 Å². The molecule has 0 spiro atoms. The first-order valence-corrected chi connectivity index (χ1v) is 7.54. The molecule has 2 aromatic carbocycles. The number of fused-ring (bicyclic) bond motifs is 2. The summed E-state index contributed by atoms with van der Waals surface area (Å²) >= 11 is 0. The fourth-order valence-corrected chi connectivity index (χ4v) is 2.75. The third-order valence-electron chi connectivity index (χ3n) is 4.12. The predicted octanol–water partition coefficient (Wildman–Crippen LogP) is 2.78. The third-order valence-corrected chi connectivity index (χ3v) is 4.12. The standard InChI is InChI=1S/C18H15N3O3/c1-21-15-9-13(3-5-16(15)24-10-17(21)22)20-18(23)12-2-4-14-11(8-12)6-7-19-14/h2-9,19H,10H2,1H3,(H,20,23). The van der Waals surface area contributed by atoms with Crippen molar-refractivity contribution in [1.82, 2.24) is 4.98 Å². The normalized spacial score (nSPS) is 13.5. The minimum Gasteiger partial charge on any atom is -0.482 e. The van der Waals surface area contributed by atoms with Gasteiger partial charge in [-0.3, -0.25) is 9.59 Å². The van der Waals surface area contributed by atoms with Crippen LogP contribution in [0.1, 0.15) is 10.4 Å². The topological polar surface area (TPSA) is 74.4 Å². The number of benzene rings is 2. The van der Waals surface area contributed by atoms with Gasteiger partial charge in [-0.15, -0.1) is 0 Å². The number of nitrogens with zero attached hydrogens (tertiary/aromatic N) is 1. The van der Waals surface area contributed by atoms with E-state index in [-0.39, 0.29) is 18.4 Å². The molecule has 0 radical (unpaired) electrons. The van der Waals surface area contributed by atoms with E-state index in [1.165, 1.54) is 4.90 Å². The van der Waals surface area contributed by atoms with Crippen LogP contribution in [0.3, 0.4) is 0 Å². The Balaban J connectivity index is 1.60. The first-order chi connectivity index (χ1) is 11.6. The van der Waals surface area contributed by atoms with Gasteiger partial charge >= 0.3 is 0 Å². The maximum absolute atomic E-state index is 12.5. The van der Waals surface area contributed by atoms with E-state index in [2.05, 4.69) is 10.3 Å². The molecule has 0 bridgehead atoms. The van der Waals surface area contributed by atoms with Crippen LogP contribution in [-0.2, 0) is 4.79 Å². The molecule has 1 aliphatic heterocycles. The van der Waals surface area contributed by atoms with Crippen molar-refractivity contribution >= 4 is 34.1 Å². The number of carbonyl (C=O) groups excluding carboxylic acids is 2. The molecular weight excluding hydrogens is 306 g/mol. The van der Waals surface area contributed by atoms with E-state index in [1.807, 2.05) is 24.4 Å². The maximum atomic E-state index is 12.5. The van der Waals surface area contributed by atoms with Crippen molar-refractivity contribution < 1.29 is 14.3 Å². The van der Waals surface area contributed by atoms with E-state index in [0.29, 0.717) is 22.7 Å². The Bertz CT molecular complexity index is 961. The molecule has 1 aromatic heterocycles. The Labute approximate surface area is 138 Å². The van der Waals surface area contributed by atoms with Crippen LogP contribution >= 0.6 is 0 Å². The minimum absolute atomic E-state index is 0.0336. The number of carbonyl (C=O) groups is 2. The van der Waals surface area contributed by atoms with Crippen LogP contribution < -0.4 is 15.0 Å². The summed E-state index contributed by atoms with van der Waals surface area (Å²) in [6, 6.07) is 12.6. The lowest BCUT2D eigenvalue weighted by molar-refractivity contribution is -0.120. The first-order valence-electron chi connectivity index (χ1n) is 7.54. The summed E-state index contributed by atoms with van der Waals surface area (Å²) in [5.41, 5.74) is 2.81. The minimum atomic E-state index is -0.205. The Morgan fingerprint density at radius 2 is 2.08 bits per heavy atom. The average molecular weight is 321 g/mol. The monoisotopic (exact) mass is 321 g/mol. The quantitative estimate of drug-likeness (QED) is 0.762. The van der Waals surface area contributed by atoms with Crippen molar-refractivity contribution in [3.63, 3.8) is 0 Å². The van der Waals surface area contributed by atoms with Crippen LogP contribution in [0.25, 0.3) is 10.9 Å². The molecule has 2 N–H and O–H groups in total. The highest BCUT2D eigenvalue weighted by molar-refractivity contribution is 6.07. The van der Waals surface area contributed by atoms with Gasteiger partial charge in [0.25, 0.3) is 11.8 Å². The van der Waals surface area contributed by atoms with E-state index < -0.39 is 0 Å². The lowest BCUT2D eigenvalue weighted by Crippen LogP contribution is -2.35. The van der Waals surface area contributed by atoms with Gasteiger partial charge in [-0.25, -0.2) is 0 Å². The molecule has 0 unspecified atom stereocenters. The Kier molecular flexibility index (Phi) is 3.23. The highest BCUT2D eigenvalue weighted by atomic mass is 16.5. The summed E-state index contributed by atoms with van der Waals surface area (Å²) in [4.78, 5) is 28.8. The number of hydrogen-bond donors (Lipinski definition) is 2. The van der Waals surface area contributed by atoms with Gasteiger partial charge in [0.15, 0.2) is 6.61 Å².